The molecule has 0 spiro atoms. The van der Waals surface area contributed by atoms with Crippen LogP contribution >= 0.6 is 0 Å². The average Bonchev–Trinajstić information content (AvgIpc) is 2.95. The minimum Gasteiger partial charge on any atom is -0.330 e. The first-order valence-electron chi connectivity index (χ1n) is 8.18. The third-order valence-electron chi connectivity index (χ3n) is 4.34. The lowest BCUT2D eigenvalue weighted by Gasteiger charge is -2.10. The first-order valence-corrected chi connectivity index (χ1v) is 8.18. The van der Waals surface area contributed by atoms with Gasteiger partial charge in [0.2, 0.25) is 0 Å². The van der Waals surface area contributed by atoms with Crippen LogP contribution in [0, 0.1) is 25.2 Å². The van der Waals surface area contributed by atoms with E-state index in [0.717, 1.165) is 46.8 Å². The average molecular weight is 319 g/mol. The number of fused-ring (bicyclic) bond motifs is 1. The fourth-order valence-electron chi connectivity index (χ4n) is 3.07. The Labute approximate surface area is 141 Å². The standard InChI is InChI=1S/C19H21N5/c1-4-17-23-18-12(2)16(11-21)13(3)22-19(18)24(17)15-7-5-14(6-8-15)9-10-20/h5-8H,4,9-10,20H2,1-3H3. The van der Waals surface area contributed by atoms with Crippen LogP contribution in [0.2, 0.25) is 0 Å². The highest BCUT2D eigenvalue weighted by molar-refractivity contribution is 5.80. The van der Waals surface area contributed by atoms with Crippen molar-refractivity contribution in [3.8, 4) is 11.8 Å². The van der Waals surface area contributed by atoms with Crippen molar-refractivity contribution in [1.29, 1.82) is 5.26 Å². The van der Waals surface area contributed by atoms with Crippen molar-refractivity contribution in [2.24, 2.45) is 5.73 Å². The Morgan fingerprint density at radius 1 is 1.17 bits per heavy atom. The Morgan fingerprint density at radius 2 is 1.88 bits per heavy atom. The van der Waals surface area contributed by atoms with Gasteiger partial charge in [-0.2, -0.15) is 5.26 Å². The lowest BCUT2D eigenvalue weighted by Crippen LogP contribution is -2.04. The zero-order valence-electron chi connectivity index (χ0n) is 14.3. The number of aryl methyl sites for hydroxylation is 3. The molecule has 2 N–H and O–H groups in total. The number of nitrogens with zero attached hydrogens (tertiary/aromatic N) is 4. The molecule has 0 saturated heterocycles. The Morgan fingerprint density at radius 3 is 2.46 bits per heavy atom. The van der Waals surface area contributed by atoms with Crippen LogP contribution in [0.25, 0.3) is 16.9 Å². The molecule has 122 valence electrons. The van der Waals surface area contributed by atoms with Gasteiger partial charge in [0.15, 0.2) is 5.65 Å². The molecule has 0 saturated carbocycles. The van der Waals surface area contributed by atoms with E-state index in [0.29, 0.717) is 12.1 Å². The van der Waals surface area contributed by atoms with E-state index in [1.807, 2.05) is 13.8 Å². The maximum Gasteiger partial charge on any atom is 0.165 e. The summed E-state index contributed by atoms with van der Waals surface area (Å²) in [5.41, 5.74) is 11.7. The van der Waals surface area contributed by atoms with Gasteiger partial charge in [-0.1, -0.05) is 19.1 Å². The topological polar surface area (TPSA) is 80.5 Å². The third-order valence-corrected chi connectivity index (χ3v) is 4.34. The van der Waals surface area contributed by atoms with E-state index in [1.54, 1.807) is 0 Å². The van der Waals surface area contributed by atoms with Crippen LogP contribution in [0.15, 0.2) is 24.3 Å². The van der Waals surface area contributed by atoms with Gasteiger partial charge in [0, 0.05) is 12.1 Å². The zero-order chi connectivity index (χ0) is 17.3. The molecule has 1 aromatic carbocycles. The fourth-order valence-corrected chi connectivity index (χ4v) is 3.07. The summed E-state index contributed by atoms with van der Waals surface area (Å²) in [6, 6.07) is 10.6. The molecule has 24 heavy (non-hydrogen) atoms. The minimum atomic E-state index is 0.619. The first kappa shape index (κ1) is 16.2. The van der Waals surface area contributed by atoms with E-state index in [4.69, 9.17) is 10.7 Å². The SMILES string of the molecule is CCc1nc2c(C)c(C#N)c(C)nc2n1-c1ccc(CCN)cc1. The molecule has 3 aromatic rings. The molecule has 2 heterocycles. The molecule has 0 bridgehead atoms. The summed E-state index contributed by atoms with van der Waals surface area (Å²) in [6.07, 6.45) is 1.66. The van der Waals surface area contributed by atoms with Crippen LogP contribution < -0.4 is 5.73 Å². The lowest BCUT2D eigenvalue weighted by molar-refractivity contribution is 0.897. The van der Waals surface area contributed by atoms with Crippen molar-refractivity contribution in [3.05, 3.63) is 52.5 Å². The van der Waals surface area contributed by atoms with Gasteiger partial charge in [0.25, 0.3) is 0 Å². The van der Waals surface area contributed by atoms with Gasteiger partial charge in [0.05, 0.1) is 11.3 Å². The van der Waals surface area contributed by atoms with E-state index in [1.165, 1.54) is 5.56 Å². The highest BCUT2D eigenvalue weighted by Gasteiger charge is 2.18. The van der Waals surface area contributed by atoms with E-state index in [-0.39, 0.29) is 0 Å². The first-order chi connectivity index (χ1) is 11.6. The maximum atomic E-state index is 9.36. The molecule has 0 atom stereocenters. The summed E-state index contributed by atoms with van der Waals surface area (Å²) >= 11 is 0. The molecule has 5 heteroatoms. The molecule has 0 unspecified atom stereocenters. The predicted octanol–water partition coefficient (Wildman–Crippen LogP) is 2.97. The number of nitriles is 1. The molecule has 2 aromatic heterocycles. The second-order valence-electron chi connectivity index (χ2n) is 5.90. The van der Waals surface area contributed by atoms with Crippen LogP contribution in [0.1, 0.15) is 35.1 Å². The molecule has 5 nitrogen and oxygen atoms in total. The predicted molar refractivity (Wildman–Crippen MR) is 95.2 cm³/mol. The molecule has 0 aliphatic carbocycles. The van der Waals surface area contributed by atoms with Gasteiger partial charge in [0.1, 0.15) is 17.4 Å². The number of aromatic nitrogens is 3. The van der Waals surface area contributed by atoms with Gasteiger partial charge in [-0.25, -0.2) is 9.97 Å². The molecule has 3 rings (SSSR count). The molecular weight excluding hydrogens is 298 g/mol. The minimum absolute atomic E-state index is 0.619. The van der Waals surface area contributed by atoms with E-state index >= 15 is 0 Å². The van der Waals surface area contributed by atoms with Crippen molar-refractivity contribution in [2.75, 3.05) is 6.54 Å². The monoisotopic (exact) mass is 319 g/mol. The summed E-state index contributed by atoms with van der Waals surface area (Å²) in [7, 11) is 0. The zero-order valence-corrected chi connectivity index (χ0v) is 14.3. The van der Waals surface area contributed by atoms with Gasteiger partial charge in [-0.3, -0.25) is 4.57 Å². The molecule has 0 radical (unpaired) electrons. The quantitative estimate of drug-likeness (QED) is 0.801. The third kappa shape index (κ3) is 2.55. The Hall–Kier alpha value is -2.71. The molecule has 0 fully saturated rings. The van der Waals surface area contributed by atoms with Crippen LogP contribution in [0.4, 0.5) is 0 Å². The van der Waals surface area contributed by atoms with Crippen molar-refractivity contribution in [2.45, 2.75) is 33.6 Å². The fraction of sp³-hybridized carbons (Fsp3) is 0.316. The number of imidazole rings is 1. The number of benzene rings is 1. The summed E-state index contributed by atoms with van der Waals surface area (Å²) in [5.74, 6) is 0.946. The second-order valence-corrected chi connectivity index (χ2v) is 5.90. The smallest absolute Gasteiger partial charge is 0.165 e. The highest BCUT2D eigenvalue weighted by atomic mass is 15.1. The summed E-state index contributed by atoms with van der Waals surface area (Å²) in [6.45, 7) is 6.54. The number of hydrogen-bond acceptors (Lipinski definition) is 4. The van der Waals surface area contributed by atoms with Crippen molar-refractivity contribution >= 4 is 11.2 Å². The molecular formula is C19H21N5. The normalized spacial score (nSPS) is 11.0. The van der Waals surface area contributed by atoms with Crippen molar-refractivity contribution < 1.29 is 0 Å². The van der Waals surface area contributed by atoms with Gasteiger partial charge < -0.3 is 5.73 Å². The number of rotatable bonds is 4. The number of pyridine rings is 1. The summed E-state index contributed by atoms with van der Waals surface area (Å²) in [4.78, 5) is 9.41. The van der Waals surface area contributed by atoms with Gasteiger partial charge in [-0.15, -0.1) is 0 Å². The summed E-state index contributed by atoms with van der Waals surface area (Å²) < 4.78 is 2.09. The van der Waals surface area contributed by atoms with Crippen molar-refractivity contribution in [3.63, 3.8) is 0 Å². The second kappa shape index (κ2) is 6.42. The van der Waals surface area contributed by atoms with Crippen LogP contribution in [-0.2, 0) is 12.8 Å². The summed E-state index contributed by atoms with van der Waals surface area (Å²) in [5, 5.41) is 9.36. The lowest BCUT2D eigenvalue weighted by atomic mass is 10.1. The van der Waals surface area contributed by atoms with E-state index in [9.17, 15) is 5.26 Å². The van der Waals surface area contributed by atoms with Crippen LogP contribution in [0.5, 0.6) is 0 Å². The largest absolute Gasteiger partial charge is 0.330 e. The molecule has 0 aliphatic heterocycles. The molecule has 0 aliphatic rings. The number of hydrogen-bond donors (Lipinski definition) is 1. The van der Waals surface area contributed by atoms with Crippen LogP contribution in [0.3, 0.4) is 0 Å². The van der Waals surface area contributed by atoms with Gasteiger partial charge >= 0.3 is 0 Å². The highest BCUT2D eigenvalue weighted by Crippen LogP contribution is 2.26. The van der Waals surface area contributed by atoms with E-state index in [2.05, 4.69) is 46.8 Å². The molecule has 0 amide bonds. The van der Waals surface area contributed by atoms with E-state index < -0.39 is 0 Å². The van der Waals surface area contributed by atoms with Crippen molar-refractivity contribution in [1.82, 2.24) is 14.5 Å². The Balaban J connectivity index is 2.25. The van der Waals surface area contributed by atoms with Crippen LogP contribution in [-0.4, -0.2) is 21.1 Å². The maximum absolute atomic E-state index is 9.36. The van der Waals surface area contributed by atoms with Gasteiger partial charge in [-0.05, 0) is 50.1 Å². The number of nitrogens with two attached hydrogens (primary N) is 1. The Bertz CT molecular complexity index is 929. The Kier molecular flexibility index (Phi) is 4.32.